The second-order valence-corrected chi connectivity index (χ2v) is 7.00. The van der Waals surface area contributed by atoms with Crippen LogP contribution >= 0.6 is 11.8 Å². The van der Waals surface area contributed by atoms with Gasteiger partial charge in [0.1, 0.15) is 0 Å². The molecule has 0 radical (unpaired) electrons. The predicted octanol–water partition coefficient (Wildman–Crippen LogP) is 5.03. The standard InChI is InChI=1S/C19H25NS/c1-15(2)12-20-13-17-7-5-9-19(11-17)21-14-18-8-4-6-16(3)10-18/h4-11,15,20H,12-14H2,1-3H3. The summed E-state index contributed by atoms with van der Waals surface area (Å²) >= 11 is 1.91. The van der Waals surface area contributed by atoms with Crippen LogP contribution in [0.5, 0.6) is 0 Å². The van der Waals surface area contributed by atoms with E-state index in [9.17, 15) is 0 Å². The summed E-state index contributed by atoms with van der Waals surface area (Å²) in [6.07, 6.45) is 0. The number of hydrogen-bond donors (Lipinski definition) is 1. The van der Waals surface area contributed by atoms with Crippen LogP contribution in [-0.4, -0.2) is 6.54 Å². The highest BCUT2D eigenvalue weighted by Gasteiger charge is 2.00. The Morgan fingerprint density at radius 2 is 1.76 bits per heavy atom. The summed E-state index contributed by atoms with van der Waals surface area (Å²) in [5.74, 6) is 1.73. The predicted molar refractivity (Wildman–Crippen MR) is 93.7 cm³/mol. The van der Waals surface area contributed by atoms with Gasteiger partial charge in [0.05, 0.1) is 0 Å². The van der Waals surface area contributed by atoms with Gasteiger partial charge in [-0.2, -0.15) is 0 Å². The van der Waals surface area contributed by atoms with E-state index in [0.29, 0.717) is 5.92 Å². The second kappa shape index (κ2) is 8.26. The van der Waals surface area contributed by atoms with Gasteiger partial charge in [0.2, 0.25) is 0 Å². The Kier molecular flexibility index (Phi) is 6.34. The molecular formula is C19H25NS. The maximum Gasteiger partial charge on any atom is 0.0232 e. The van der Waals surface area contributed by atoms with Gasteiger partial charge >= 0.3 is 0 Å². The van der Waals surface area contributed by atoms with Crippen LogP contribution in [0.3, 0.4) is 0 Å². The van der Waals surface area contributed by atoms with E-state index in [2.05, 4.69) is 74.6 Å². The van der Waals surface area contributed by atoms with Crippen molar-refractivity contribution in [2.75, 3.05) is 6.54 Å². The SMILES string of the molecule is Cc1cccc(CSc2cccc(CNCC(C)C)c2)c1. The first kappa shape index (κ1) is 16.1. The van der Waals surface area contributed by atoms with Crippen LogP contribution in [0.4, 0.5) is 0 Å². The van der Waals surface area contributed by atoms with Gasteiger partial charge in [-0.1, -0.05) is 55.8 Å². The summed E-state index contributed by atoms with van der Waals surface area (Å²) in [4.78, 5) is 1.35. The Morgan fingerprint density at radius 3 is 2.52 bits per heavy atom. The quantitative estimate of drug-likeness (QED) is 0.719. The Bertz CT molecular complexity index is 563. The fraction of sp³-hybridized carbons (Fsp3) is 0.368. The van der Waals surface area contributed by atoms with Gasteiger partial charge in [-0.3, -0.25) is 0 Å². The molecule has 0 fully saturated rings. The molecule has 0 atom stereocenters. The molecule has 2 rings (SSSR count). The third kappa shape index (κ3) is 5.94. The molecule has 0 aliphatic rings. The minimum atomic E-state index is 0.698. The van der Waals surface area contributed by atoms with E-state index < -0.39 is 0 Å². The van der Waals surface area contributed by atoms with E-state index in [4.69, 9.17) is 0 Å². The first-order valence-electron chi connectivity index (χ1n) is 7.61. The molecule has 2 aromatic carbocycles. The van der Waals surface area contributed by atoms with E-state index in [1.807, 2.05) is 11.8 Å². The second-order valence-electron chi connectivity index (χ2n) is 5.95. The molecular weight excluding hydrogens is 274 g/mol. The van der Waals surface area contributed by atoms with E-state index in [1.165, 1.54) is 21.6 Å². The zero-order chi connectivity index (χ0) is 15.1. The van der Waals surface area contributed by atoms with Crippen molar-refractivity contribution in [1.29, 1.82) is 0 Å². The maximum absolute atomic E-state index is 3.50. The molecule has 112 valence electrons. The van der Waals surface area contributed by atoms with Gasteiger partial charge in [0, 0.05) is 17.2 Å². The van der Waals surface area contributed by atoms with Gasteiger partial charge < -0.3 is 5.32 Å². The van der Waals surface area contributed by atoms with Crippen LogP contribution in [0.1, 0.15) is 30.5 Å². The molecule has 0 saturated carbocycles. The van der Waals surface area contributed by atoms with Crippen molar-refractivity contribution in [2.45, 2.75) is 38.0 Å². The minimum absolute atomic E-state index is 0.698. The number of benzene rings is 2. The number of hydrogen-bond acceptors (Lipinski definition) is 2. The molecule has 0 amide bonds. The monoisotopic (exact) mass is 299 g/mol. The van der Waals surface area contributed by atoms with Crippen LogP contribution in [0, 0.1) is 12.8 Å². The Hall–Kier alpha value is -1.25. The average molecular weight is 299 g/mol. The summed E-state index contributed by atoms with van der Waals surface area (Å²) < 4.78 is 0. The summed E-state index contributed by atoms with van der Waals surface area (Å²) in [5.41, 5.74) is 4.09. The Balaban J connectivity index is 1.88. The lowest BCUT2D eigenvalue weighted by Gasteiger charge is -2.09. The molecule has 1 nitrogen and oxygen atoms in total. The molecule has 2 aromatic rings. The van der Waals surface area contributed by atoms with Crippen LogP contribution in [0.15, 0.2) is 53.4 Å². The van der Waals surface area contributed by atoms with Crippen LogP contribution in [0.2, 0.25) is 0 Å². The van der Waals surface area contributed by atoms with Crippen molar-refractivity contribution in [3.8, 4) is 0 Å². The largest absolute Gasteiger partial charge is 0.312 e. The molecule has 0 saturated heterocycles. The molecule has 0 heterocycles. The number of rotatable bonds is 7. The summed E-state index contributed by atoms with van der Waals surface area (Å²) in [5, 5.41) is 3.50. The summed E-state index contributed by atoms with van der Waals surface area (Å²) in [6.45, 7) is 8.65. The zero-order valence-corrected chi connectivity index (χ0v) is 14.0. The fourth-order valence-corrected chi connectivity index (χ4v) is 3.14. The first-order chi connectivity index (χ1) is 10.1. The molecule has 0 aromatic heterocycles. The van der Waals surface area contributed by atoms with Gasteiger partial charge in [-0.25, -0.2) is 0 Å². The van der Waals surface area contributed by atoms with Crippen molar-refractivity contribution < 1.29 is 0 Å². The normalized spacial score (nSPS) is 11.0. The van der Waals surface area contributed by atoms with E-state index in [0.717, 1.165) is 18.8 Å². The molecule has 21 heavy (non-hydrogen) atoms. The fourth-order valence-electron chi connectivity index (χ4n) is 2.22. The van der Waals surface area contributed by atoms with E-state index in [-0.39, 0.29) is 0 Å². The Labute approximate surface area is 133 Å². The molecule has 0 aliphatic heterocycles. The van der Waals surface area contributed by atoms with E-state index >= 15 is 0 Å². The smallest absolute Gasteiger partial charge is 0.0232 e. The molecule has 2 heteroatoms. The first-order valence-corrected chi connectivity index (χ1v) is 8.60. The lowest BCUT2D eigenvalue weighted by Crippen LogP contribution is -2.18. The lowest BCUT2D eigenvalue weighted by atomic mass is 10.2. The number of thioether (sulfide) groups is 1. The summed E-state index contributed by atoms with van der Waals surface area (Å²) in [7, 11) is 0. The van der Waals surface area contributed by atoms with Crippen molar-refractivity contribution in [1.82, 2.24) is 5.32 Å². The van der Waals surface area contributed by atoms with Gasteiger partial charge in [-0.15, -0.1) is 11.8 Å². The van der Waals surface area contributed by atoms with E-state index in [1.54, 1.807) is 0 Å². The van der Waals surface area contributed by atoms with Gasteiger partial charge in [0.25, 0.3) is 0 Å². The molecule has 0 aliphatic carbocycles. The van der Waals surface area contributed by atoms with Crippen molar-refractivity contribution in [2.24, 2.45) is 5.92 Å². The van der Waals surface area contributed by atoms with Crippen molar-refractivity contribution in [3.05, 3.63) is 65.2 Å². The van der Waals surface area contributed by atoms with Crippen LogP contribution in [-0.2, 0) is 12.3 Å². The van der Waals surface area contributed by atoms with Crippen LogP contribution < -0.4 is 5.32 Å². The molecule has 1 N–H and O–H groups in total. The third-order valence-electron chi connectivity index (χ3n) is 3.27. The minimum Gasteiger partial charge on any atom is -0.312 e. The number of aryl methyl sites for hydroxylation is 1. The average Bonchev–Trinajstić information content (AvgIpc) is 2.45. The highest BCUT2D eigenvalue weighted by molar-refractivity contribution is 7.98. The lowest BCUT2D eigenvalue weighted by molar-refractivity contribution is 0.552. The maximum atomic E-state index is 3.50. The van der Waals surface area contributed by atoms with Gasteiger partial charge in [0.15, 0.2) is 0 Å². The topological polar surface area (TPSA) is 12.0 Å². The molecule has 0 bridgehead atoms. The number of nitrogens with one attached hydrogen (secondary N) is 1. The summed E-state index contributed by atoms with van der Waals surface area (Å²) in [6, 6.07) is 17.6. The van der Waals surface area contributed by atoms with Crippen LogP contribution in [0.25, 0.3) is 0 Å². The highest BCUT2D eigenvalue weighted by Crippen LogP contribution is 2.24. The Morgan fingerprint density at radius 1 is 1.00 bits per heavy atom. The molecule has 0 spiro atoms. The van der Waals surface area contributed by atoms with Crippen molar-refractivity contribution >= 4 is 11.8 Å². The van der Waals surface area contributed by atoms with Gasteiger partial charge in [-0.05, 0) is 42.6 Å². The molecule has 0 unspecified atom stereocenters. The van der Waals surface area contributed by atoms with Crippen molar-refractivity contribution in [3.63, 3.8) is 0 Å². The highest BCUT2D eigenvalue weighted by atomic mass is 32.2. The zero-order valence-electron chi connectivity index (χ0n) is 13.2. The third-order valence-corrected chi connectivity index (χ3v) is 4.33.